The zero-order valence-electron chi connectivity index (χ0n) is 11.6. The third-order valence-electron chi connectivity index (χ3n) is 3.57. The summed E-state index contributed by atoms with van der Waals surface area (Å²) in [7, 11) is 0. The van der Waals surface area contributed by atoms with Crippen LogP contribution in [0.5, 0.6) is 0 Å². The van der Waals surface area contributed by atoms with E-state index in [2.05, 4.69) is 16.0 Å². The van der Waals surface area contributed by atoms with E-state index in [-0.39, 0.29) is 11.8 Å². The molecule has 1 aliphatic heterocycles. The maximum atomic E-state index is 12.2. The average molecular weight is 255 g/mol. The summed E-state index contributed by atoms with van der Waals surface area (Å²) in [6.07, 6.45) is 3.51. The maximum absolute atomic E-state index is 12.2. The van der Waals surface area contributed by atoms with Crippen molar-refractivity contribution in [2.24, 2.45) is 0 Å². The van der Waals surface area contributed by atoms with Gasteiger partial charge in [-0.2, -0.15) is 0 Å². The maximum Gasteiger partial charge on any atom is 0.242 e. The molecule has 5 nitrogen and oxygen atoms in total. The standard InChI is InChI=1S/C13H25N3O2/c1-4-8-14-11(17)10(3)16-12(18)13(5-2)7-6-9-15-13/h10,15H,4-9H2,1-3H3,(H,14,17)(H,16,18). The zero-order chi connectivity index (χ0) is 13.6. The van der Waals surface area contributed by atoms with Crippen molar-refractivity contribution >= 4 is 11.8 Å². The minimum absolute atomic E-state index is 0.0540. The number of amides is 2. The second kappa shape index (κ2) is 6.73. The molecule has 1 saturated heterocycles. The molecule has 1 heterocycles. The van der Waals surface area contributed by atoms with Gasteiger partial charge in [-0.05, 0) is 39.2 Å². The van der Waals surface area contributed by atoms with Crippen LogP contribution in [0.4, 0.5) is 0 Å². The van der Waals surface area contributed by atoms with Crippen LogP contribution in [0, 0.1) is 0 Å². The molecule has 0 aromatic carbocycles. The fourth-order valence-corrected chi connectivity index (χ4v) is 2.26. The van der Waals surface area contributed by atoms with Crippen molar-refractivity contribution in [1.82, 2.24) is 16.0 Å². The molecule has 0 saturated carbocycles. The molecular formula is C13H25N3O2. The minimum atomic E-state index is -0.477. The van der Waals surface area contributed by atoms with E-state index in [0.29, 0.717) is 6.54 Å². The van der Waals surface area contributed by atoms with Gasteiger partial charge in [-0.15, -0.1) is 0 Å². The Morgan fingerprint density at radius 2 is 2.11 bits per heavy atom. The molecule has 3 N–H and O–H groups in total. The molecule has 1 rings (SSSR count). The van der Waals surface area contributed by atoms with Crippen molar-refractivity contribution in [2.45, 2.75) is 58.0 Å². The number of carbonyl (C=O) groups is 2. The second-order valence-corrected chi connectivity index (χ2v) is 4.95. The molecule has 2 atom stereocenters. The van der Waals surface area contributed by atoms with Crippen LogP contribution in [-0.2, 0) is 9.59 Å². The molecular weight excluding hydrogens is 230 g/mol. The summed E-state index contributed by atoms with van der Waals surface area (Å²) >= 11 is 0. The lowest BCUT2D eigenvalue weighted by molar-refractivity contribution is -0.132. The van der Waals surface area contributed by atoms with Gasteiger partial charge in [-0.1, -0.05) is 13.8 Å². The Hall–Kier alpha value is -1.10. The minimum Gasteiger partial charge on any atom is -0.354 e. The molecule has 0 aromatic rings. The molecule has 5 heteroatoms. The molecule has 0 radical (unpaired) electrons. The van der Waals surface area contributed by atoms with Crippen LogP contribution in [0.2, 0.25) is 0 Å². The van der Waals surface area contributed by atoms with Crippen molar-refractivity contribution < 1.29 is 9.59 Å². The van der Waals surface area contributed by atoms with E-state index >= 15 is 0 Å². The van der Waals surface area contributed by atoms with Crippen LogP contribution < -0.4 is 16.0 Å². The Labute approximate surface area is 109 Å². The van der Waals surface area contributed by atoms with Crippen LogP contribution in [0.25, 0.3) is 0 Å². The first-order chi connectivity index (χ1) is 8.55. The molecule has 1 aliphatic rings. The molecule has 104 valence electrons. The largest absolute Gasteiger partial charge is 0.354 e. The molecule has 2 unspecified atom stereocenters. The van der Waals surface area contributed by atoms with Gasteiger partial charge in [0.15, 0.2) is 0 Å². The number of hydrogen-bond acceptors (Lipinski definition) is 3. The molecule has 0 aromatic heterocycles. The van der Waals surface area contributed by atoms with Crippen molar-refractivity contribution in [2.75, 3.05) is 13.1 Å². The average Bonchev–Trinajstić information content (AvgIpc) is 2.85. The van der Waals surface area contributed by atoms with Gasteiger partial charge in [0.05, 0.1) is 5.54 Å². The fraction of sp³-hybridized carbons (Fsp3) is 0.846. The zero-order valence-corrected chi connectivity index (χ0v) is 11.6. The first-order valence-electron chi connectivity index (χ1n) is 6.89. The summed E-state index contributed by atoms with van der Waals surface area (Å²) in [5.74, 6) is -0.170. The smallest absolute Gasteiger partial charge is 0.242 e. The highest BCUT2D eigenvalue weighted by Crippen LogP contribution is 2.23. The van der Waals surface area contributed by atoms with E-state index < -0.39 is 11.6 Å². The first kappa shape index (κ1) is 15.0. The van der Waals surface area contributed by atoms with Crippen molar-refractivity contribution in [3.63, 3.8) is 0 Å². The predicted octanol–water partition coefficient (Wildman–Crippen LogP) is 0.550. The Bertz CT molecular complexity index is 299. The van der Waals surface area contributed by atoms with Gasteiger partial charge < -0.3 is 16.0 Å². The highest BCUT2D eigenvalue weighted by atomic mass is 16.2. The number of rotatable bonds is 6. The van der Waals surface area contributed by atoms with Crippen molar-refractivity contribution in [3.8, 4) is 0 Å². The Morgan fingerprint density at radius 1 is 1.39 bits per heavy atom. The third-order valence-corrected chi connectivity index (χ3v) is 3.57. The number of hydrogen-bond donors (Lipinski definition) is 3. The predicted molar refractivity (Wildman–Crippen MR) is 71.2 cm³/mol. The van der Waals surface area contributed by atoms with Gasteiger partial charge >= 0.3 is 0 Å². The lowest BCUT2D eigenvalue weighted by Gasteiger charge is -2.28. The summed E-state index contributed by atoms with van der Waals surface area (Å²) in [4.78, 5) is 23.9. The Kier molecular flexibility index (Phi) is 5.59. The summed E-state index contributed by atoms with van der Waals surface area (Å²) in [5.41, 5.74) is -0.473. The van der Waals surface area contributed by atoms with E-state index in [1.807, 2.05) is 13.8 Å². The lowest BCUT2D eigenvalue weighted by Crippen LogP contribution is -2.57. The molecule has 0 aliphatic carbocycles. The van der Waals surface area contributed by atoms with Crippen LogP contribution in [-0.4, -0.2) is 36.5 Å². The van der Waals surface area contributed by atoms with Gasteiger partial charge in [0, 0.05) is 6.54 Å². The van der Waals surface area contributed by atoms with Crippen molar-refractivity contribution in [3.05, 3.63) is 0 Å². The van der Waals surface area contributed by atoms with Crippen LogP contribution in [0.3, 0.4) is 0 Å². The van der Waals surface area contributed by atoms with Crippen LogP contribution in [0.15, 0.2) is 0 Å². The van der Waals surface area contributed by atoms with Crippen LogP contribution >= 0.6 is 0 Å². The lowest BCUT2D eigenvalue weighted by atomic mass is 9.93. The van der Waals surface area contributed by atoms with Gasteiger partial charge in [0.1, 0.15) is 6.04 Å². The monoisotopic (exact) mass is 255 g/mol. The summed E-state index contributed by atoms with van der Waals surface area (Å²) in [6, 6.07) is -0.477. The topological polar surface area (TPSA) is 70.2 Å². The molecule has 0 bridgehead atoms. The quantitative estimate of drug-likeness (QED) is 0.649. The van der Waals surface area contributed by atoms with E-state index in [4.69, 9.17) is 0 Å². The van der Waals surface area contributed by atoms with Gasteiger partial charge in [0.2, 0.25) is 11.8 Å². The van der Waals surface area contributed by atoms with Gasteiger partial charge in [0.25, 0.3) is 0 Å². The Balaban J connectivity index is 2.50. The van der Waals surface area contributed by atoms with Gasteiger partial charge in [-0.3, -0.25) is 9.59 Å². The Morgan fingerprint density at radius 3 is 2.61 bits per heavy atom. The number of nitrogens with one attached hydrogen (secondary N) is 3. The molecule has 1 fully saturated rings. The SMILES string of the molecule is CCCNC(=O)C(C)NC(=O)C1(CC)CCCN1. The first-order valence-corrected chi connectivity index (χ1v) is 6.89. The van der Waals surface area contributed by atoms with Crippen LogP contribution in [0.1, 0.15) is 46.5 Å². The van der Waals surface area contributed by atoms with Gasteiger partial charge in [-0.25, -0.2) is 0 Å². The van der Waals surface area contributed by atoms with Crippen molar-refractivity contribution in [1.29, 1.82) is 0 Å². The van der Waals surface area contributed by atoms with E-state index in [0.717, 1.165) is 32.2 Å². The summed E-state index contributed by atoms with van der Waals surface area (Å²) < 4.78 is 0. The molecule has 18 heavy (non-hydrogen) atoms. The summed E-state index contributed by atoms with van der Waals surface area (Å²) in [5, 5.41) is 8.86. The molecule has 0 spiro atoms. The fourth-order valence-electron chi connectivity index (χ4n) is 2.26. The van der Waals surface area contributed by atoms with E-state index in [9.17, 15) is 9.59 Å². The normalized spacial score (nSPS) is 24.6. The summed E-state index contributed by atoms with van der Waals surface area (Å²) in [6.45, 7) is 7.24. The van der Waals surface area contributed by atoms with E-state index in [1.165, 1.54) is 0 Å². The highest BCUT2D eigenvalue weighted by Gasteiger charge is 2.39. The third kappa shape index (κ3) is 3.45. The van der Waals surface area contributed by atoms with E-state index in [1.54, 1.807) is 6.92 Å². The molecule has 2 amide bonds. The highest BCUT2D eigenvalue weighted by molar-refractivity contribution is 5.92. The second-order valence-electron chi connectivity index (χ2n) is 4.95. The number of carbonyl (C=O) groups excluding carboxylic acids is 2.